The van der Waals surface area contributed by atoms with E-state index in [4.69, 9.17) is 9.47 Å². The molecule has 0 radical (unpaired) electrons. The van der Waals surface area contributed by atoms with E-state index in [0.29, 0.717) is 6.42 Å². The zero-order valence-electron chi connectivity index (χ0n) is 19.4. The van der Waals surface area contributed by atoms with Crippen molar-refractivity contribution in [1.29, 1.82) is 0 Å². The fourth-order valence-corrected chi connectivity index (χ4v) is 4.70. The van der Waals surface area contributed by atoms with Crippen LogP contribution in [0.1, 0.15) is 37.3 Å². The Hall–Kier alpha value is -3.39. The lowest BCUT2D eigenvalue weighted by Crippen LogP contribution is -2.59. The van der Waals surface area contributed by atoms with Gasteiger partial charge < -0.3 is 24.8 Å². The van der Waals surface area contributed by atoms with Gasteiger partial charge in [-0.1, -0.05) is 68.8 Å². The van der Waals surface area contributed by atoms with Crippen LogP contribution in [0.5, 0.6) is 0 Å². The molecule has 8 heteroatoms. The van der Waals surface area contributed by atoms with Crippen molar-refractivity contribution in [2.24, 2.45) is 5.92 Å². The Morgan fingerprint density at radius 1 is 1.12 bits per heavy atom. The maximum Gasteiger partial charge on any atom is 0.407 e. The van der Waals surface area contributed by atoms with E-state index >= 15 is 0 Å². The number of fused-ring (bicyclic) bond motifs is 3. The Bertz CT molecular complexity index is 1030. The highest BCUT2D eigenvalue weighted by Gasteiger charge is 2.38. The summed E-state index contributed by atoms with van der Waals surface area (Å²) < 4.78 is 10.9. The molecule has 180 valence electrons. The van der Waals surface area contributed by atoms with Crippen molar-refractivity contribution in [3.8, 4) is 11.1 Å². The molecular formula is C26H30N2O6. The quantitative estimate of drug-likeness (QED) is 0.649. The predicted octanol–water partition coefficient (Wildman–Crippen LogP) is 3.25. The van der Waals surface area contributed by atoms with Crippen molar-refractivity contribution >= 4 is 18.0 Å². The lowest BCUT2D eigenvalue weighted by atomic mass is 9.97. The van der Waals surface area contributed by atoms with Gasteiger partial charge >= 0.3 is 12.1 Å². The Kier molecular flexibility index (Phi) is 7.17. The molecule has 2 N–H and O–H groups in total. The van der Waals surface area contributed by atoms with Crippen molar-refractivity contribution in [3.05, 3.63) is 59.7 Å². The van der Waals surface area contributed by atoms with Crippen molar-refractivity contribution in [1.82, 2.24) is 10.2 Å². The normalized spacial score (nSPS) is 19.0. The number of nitrogens with zero attached hydrogens (tertiary/aromatic N) is 1. The number of hydrogen-bond acceptors (Lipinski definition) is 5. The number of rotatable bonds is 7. The van der Waals surface area contributed by atoms with Crippen LogP contribution in [0.4, 0.5) is 4.79 Å². The fraction of sp³-hybridized carbons (Fsp3) is 0.423. The predicted molar refractivity (Wildman–Crippen MR) is 125 cm³/mol. The molecule has 0 bridgehead atoms. The molecule has 0 saturated carbocycles. The van der Waals surface area contributed by atoms with Gasteiger partial charge in [-0.3, -0.25) is 4.79 Å². The standard InChI is InChI=1S/C26H30N2O6/c1-3-16(2)23(24(29)28-12-13-33-15-22(28)25(30)31)27-26(32)34-14-21-19-10-6-4-8-17(19)18-9-5-7-11-20(18)21/h4-11,16,21-23H,3,12-15H2,1-2H3,(H,27,32)(H,30,31)/t16?,22?,23-/m0/s1. The molecule has 2 amide bonds. The molecule has 2 aliphatic rings. The van der Waals surface area contributed by atoms with Crippen LogP contribution in [0.2, 0.25) is 0 Å². The summed E-state index contributed by atoms with van der Waals surface area (Å²) in [6.45, 7) is 4.25. The van der Waals surface area contributed by atoms with Gasteiger partial charge in [-0.2, -0.15) is 0 Å². The molecule has 0 aromatic heterocycles. The summed E-state index contributed by atoms with van der Waals surface area (Å²) in [5.74, 6) is -1.85. The SMILES string of the molecule is CCC(C)[C@H](NC(=O)OCC1c2ccccc2-c2ccccc21)C(=O)N1CCOCC1C(=O)O. The number of carboxylic acid groups (broad SMARTS) is 1. The van der Waals surface area contributed by atoms with Gasteiger partial charge in [-0.05, 0) is 28.2 Å². The van der Waals surface area contributed by atoms with Crippen LogP contribution in [0.15, 0.2) is 48.5 Å². The Balaban J connectivity index is 1.46. The maximum absolute atomic E-state index is 13.3. The molecular weight excluding hydrogens is 436 g/mol. The Labute approximate surface area is 198 Å². The molecule has 2 aromatic carbocycles. The van der Waals surface area contributed by atoms with Gasteiger partial charge in [0.25, 0.3) is 0 Å². The van der Waals surface area contributed by atoms with Crippen LogP contribution in [0.25, 0.3) is 11.1 Å². The third-order valence-electron chi connectivity index (χ3n) is 6.79. The van der Waals surface area contributed by atoms with Gasteiger partial charge in [0.1, 0.15) is 12.6 Å². The first-order valence-electron chi connectivity index (χ1n) is 11.6. The summed E-state index contributed by atoms with van der Waals surface area (Å²) in [6.07, 6.45) is -0.0667. The highest BCUT2D eigenvalue weighted by molar-refractivity contribution is 5.90. The average molecular weight is 467 g/mol. The topological polar surface area (TPSA) is 105 Å². The molecule has 1 saturated heterocycles. The number of carbonyl (C=O) groups is 3. The van der Waals surface area contributed by atoms with E-state index in [1.54, 1.807) is 0 Å². The minimum Gasteiger partial charge on any atom is -0.480 e. The number of hydrogen-bond donors (Lipinski definition) is 2. The third kappa shape index (κ3) is 4.63. The summed E-state index contributed by atoms with van der Waals surface area (Å²) >= 11 is 0. The van der Waals surface area contributed by atoms with Gasteiger partial charge in [0, 0.05) is 12.5 Å². The Morgan fingerprint density at radius 2 is 1.74 bits per heavy atom. The number of carbonyl (C=O) groups excluding carboxylic acids is 2. The van der Waals surface area contributed by atoms with Crippen LogP contribution in [0.3, 0.4) is 0 Å². The monoisotopic (exact) mass is 466 g/mol. The largest absolute Gasteiger partial charge is 0.480 e. The Morgan fingerprint density at radius 3 is 2.32 bits per heavy atom. The minimum absolute atomic E-state index is 0.0702. The zero-order chi connectivity index (χ0) is 24.2. The fourth-order valence-electron chi connectivity index (χ4n) is 4.70. The van der Waals surface area contributed by atoms with Crippen molar-refractivity contribution in [2.75, 3.05) is 26.4 Å². The molecule has 1 heterocycles. The van der Waals surface area contributed by atoms with E-state index in [9.17, 15) is 19.5 Å². The maximum atomic E-state index is 13.3. The molecule has 4 rings (SSSR count). The van der Waals surface area contributed by atoms with Gasteiger partial charge in [-0.25, -0.2) is 9.59 Å². The van der Waals surface area contributed by atoms with E-state index in [2.05, 4.69) is 17.4 Å². The highest BCUT2D eigenvalue weighted by atomic mass is 16.5. The van der Waals surface area contributed by atoms with Gasteiger partial charge in [0.05, 0.1) is 13.2 Å². The minimum atomic E-state index is -1.13. The lowest BCUT2D eigenvalue weighted by molar-refractivity contribution is -0.159. The van der Waals surface area contributed by atoms with Crippen LogP contribution in [-0.2, 0) is 19.1 Å². The van der Waals surface area contributed by atoms with Crippen LogP contribution >= 0.6 is 0 Å². The second-order valence-electron chi connectivity index (χ2n) is 8.79. The van der Waals surface area contributed by atoms with E-state index in [1.165, 1.54) is 4.90 Å². The average Bonchev–Trinajstić information content (AvgIpc) is 3.18. The first kappa shape index (κ1) is 23.8. The molecule has 34 heavy (non-hydrogen) atoms. The molecule has 8 nitrogen and oxygen atoms in total. The van der Waals surface area contributed by atoms with Crippen LogP contribution in [0, 0.1) is 5.92 Å². The summed E-state index contributed by atoms with van der Waals surface area (Å²) in [4.78, 5) is 39.0. The number of morpholine rings is 1. The number of benzene rings is 2. The molecule has 1 aliphatic carbocycles. The van der Waals surface area contributed by atoms with Crippen molar-refractivity contribution < 1.29 is 29.0 Å². The highest BCUT2D eigenvalue weighted by Crippen LogP contribution is 2.44. The number of aliphatic carboxylic acids is 1. The van der Waals surface area contributed by atoms with Crippen LogP contribution < -0.4 is 5.32 Å². The smallest absolute Gasteiger partial charge is 0.407 e. The van der Waals surface area contributed by atoms with E-state index < -0.39 is 30.1 Å². The first-order chi connectivity index (χ1) is 16.4. The molecule has 2 aromatic rings. The van der Waals surface area contributed by atoms with E-state index in [0.717, 1.165) is 22.3 Å². The van der Waals surface area contributed by atoms with E-state index in [-0.39, 0.29) is 38.2 Å². The second-order valence-corrected chi connectivity index (χ2v) is 8.79. The number of alkyl carbamates (subject to hydrolysis) is 1. The number of carboxylic acids is 1. The molecule has 1 fully saturated rings. The second kappa shape index (κ2) is 10.3. The first-order valence-corrected chi connectivity index (χ1v) is 11.6. The summed E-state index contributed by atoms with van der Waals surface area (Å²) in [5, 5.41) is 12.2. The zero-order valence-corrected chi connectivity index (χ0v) is 19.4. The lowest BCUT2D eigenvalue weighted by Gasteiger charge is -2.36. The number of ether oxygens (including phenoxy) is 2. The van der Waals surface area contributed by atoms with Crippen molar-refractivity contribution in [3.63, 3.8) is 0 Å². The van der Waals surface area contributed by atoms with E-state index in [1.807, 2.05) is 50.2 Å². The third-order valence-corrected chi connectivity index (χ3v) is 6.79. The number of amides is 2. The number of nitrogens with one attached hydrogen (secondary N) is 1. The van der Waals surface area contributed by atoms with Crippen LogP contribution in [-0.4, -0.2) is 66.4 Å². The molecule has 3 atom stereocenters. The molecule has 2 unspecified atom stereocenters. The van der Waals surface area contributed by atoms with Gasteiger partial charge in [0.15, 0.2) is 6.04 Å². The van der Waals surface area contributed by atoms with Crippen molar-refractivity contribution in [2.45, 2.75) is 38.3 Å². The van der Waals surface area contributed by atoms with Gasteiger partial charge in [-0.15, -0.1) is 0 Å². The molecule has 1 aliphatic heterocycles. The van der Waals surface area contributed by atoms with Gasteiger partial charge in [0.2, 0.25) is 5.91 Å². The molecule has 0 spiro atoms. The summed E-state index contributed by atoms with van der Waals surface area (Å²) in [5.41, 5.74) is 4.46. The summed E-state index contributed by atoms with van der Waals surface area (Å²) in [7, 11) is 0. The summed E-state index contributed by atoms with van der Waals surface area (Å²) in [6, 6.07) is 14.2.